The third-order valence-corrected chi connectivity index (χ3v) is 2.48. The molecule has 0 saturated heterocycles. The van der Waals surface area contributed by atoms with Gasteiger partial charge in [-0.3, -0.25) is 0 Å². The van der Waals surface area contributed by atoms with Crippen molar-refractivity contribution in [2.24, 2.45) is 0 Å². The Morgan fingerprint density at radius 3 is 1.82 bits per heavy atom. The third-order valence-electron chi connectivity index (χ3n) is 2.48. The molecule has 11 heavy (non-hydrogen) atoms. The van der Waals surface area contributed by atoms with Crippen LogP contribution in [0, 0.1) is 0 Å². The van der Waals surface area contributed by atoms with Crippen molar-refractivity contribution in [1.82, 2.24) is 0 Å². The normalized spacial score (nSPS) is 57.3. The highest BCUT2D eigenvalue weighted by Gasteiger charge is 2.68. The van der Waals surface area contributed by atoms with E-state index in [2.05, 4.69) is 0 Å². The van der Waals surface area contributed by atoms with Crippen LogP contribution >= 0.6 is 0 Å². The van der Waals surface area contributed by atoms with E-state index in [1.807, 2.05) is 0 Å². The number of aliphatic hydroxyl groups excluding tert-OH is 3. The molecule has 4 atom stereocenters. The van der Waals surface area contributed by atoms with Gasteiger partial charge in [-0.15, -0.1) is 0 Å². The first-order valence-electron chi connectivity index (χ1n) is 3.29. The van der Waals surface area contributed by atoms with Gasteiger partial charge in [0.25, 0.3) is 0 Å². The van der Waals surface area contributed by atoms with E-state index < -0.39 is 30.0 Å². The lowest BCUT2D eigenvalue weighted by Crippen LogP contribution is -2.82. The second-order valence-corrected chi connectivity index (χ2v) is 3.12. The summed E-state index contributed by atoms with van der Waals surface area (Å²) < 4.78 is 0. The van der Waals surface area contributed by atoms with Gasteiger partial charge in [-0.05, 0) is 6.92 Å². The minimum absolute atomic E-state index is 0.780. The minimum Gasteiger partial charge on any atom is -0.393 e. The molecule has 0 aromatic rings. The number of hydrogen-bond acceptors (Lipinski definition) is 5. The van der Waals surface area contributed by atoms with Crippen LogP contribution in [0.5, 0.6) is 0 Å². The first-order valence-corrected chi connectivity index (χ1v) is 3.29. The van der Waals surface area contributed by atoms with E-state index in [-0.39, 0.29) is 0 Å². The molecule has 0 aliphatic heterocycles. The second-order valence-electron chi connectivity index (χ2n) is 3.12. The summed E-state index contributed by atoms with van der Waals surface area (Å²) in [4.78, 5) is 0. The molecular formula is C6H12O5. The van der Waals surface area contributed by atoms with E-state index >= 15 is 0 Å². The molecule has 66 valence electrons. The molecule has 1 fully saturated rings. The molecule has 0 bridgehead atoms. The summed E-state index contributed by atoms with van der Waals surface area (Å²) >= 11 is 0. The number of hydrogen-bond donors (Lipinski definition) is 5. The van der Waals surface area contributed by atoms with Gasteiger partial charge in [0.1, 0.15) is 23.4 Å². The van der Waals surface area contributed by atoms with Crippen LogP contribution in [0.4, 0.5) is 0 Å². The van der Waals surface area contributed by atoms with Crippen molar-refractivity contribution in [1.29, 1.82) is 0 Å². The summed E-state index contributed by atoms with van der Waals surface area (Å²) in [5.41, 5.74) is -3.83. The topological polar surface area (TPSA) is 101 Å². The Hall–Kier alpha value is -0.200. The zero-order valence-corrected chi connectivity index (χ0v) is 6.10. The summed E-state index contributed by atoms with van der Waals surface area (Å²) in [6, 6.07) is 0. The molecule has 5 heteroatoms. The van der Waals surface area contributed by atoms with Gasteiger partial charge in [0.15, 0.2) is 0 Å². The predicted octanol–water partition coefficient (Wildman–Crippen LogP) is -2.80. The molecule has 0 spiro atoms. The maximum Gasteiger partial charge on any atom is 0.147 e. The quantitative estimate of drug-likeness (QED) is 0.288. The Bertz CT molecular complexity index is 168. The fourth-order valence-electron chi connectivity index (χ4n) is 1.28. The molecule has 0 aromatic carbocycles. The van der Waals surface area contributed by atoms with Crippen LogP contribution in [0.2, 0.25) is 0 Å². The Morgan fingerprint density at radius 1 is 1.18 bits per heavy atom. The van der Waals surface area contributed by atoms with Gasteiger partial charge >= 0.3 is 0 Å². The summed E-state index contributed by atoms with van der Waals surface area (Å²) in [7, 11) is 0. The van der Waals surface area contributed by atoms with Gasteiger partial charge < -0.3 is 25.5 Å². The van der Waals surface area contributed by atoms with E-state index in [1.54, 1.807) is 0 Å². The third kappa shape index (κ3) is 0.771. The smallest absolute Gasteiger partial charge is 0.147 e. The van der Waals surface area contributed by atoms with Gasteiger partial charge in [0.05, 0.1) is 6.61 Å². The zero-order chi connectivity index (χ0) is 8.86. The molecule has 0 radical (unpaired) electrons. The summed E-state index contributed by atoms with van der Waals surface area (Å²) in [6.45, 7) is 0.374. The SMILES string of the molecule is C[C@]1(O)[C@H](O)[C@H](O)[C@]1(O)CO. The largest absolute Gasteiger partial charge is 0.393 e. The fourth-order valence-corrected chi connectivity index (χ4v) is 1.28. The minimum atomic E-state index is -1.99. The summed E-state index contributed by atoms with van der Waals surface area (Å²) in [6.07, 6.45) is -2.89. The van der Waals surface area contributed by atoms with Crippen LogP contribution in [-0.2, 0) is 0 Å². The fraction of sp³-hybridized carbons (Fsp3) is 1.00. The van der Waals surface area contributed by atoms with Gasteiger partial charge in [-0.1, -0.05) is 0 Å². The maximum absolute atomic E-state index is 9.28. The monoisotopic (exact) mass is 164 g/mol. The van der Waals surface area contributed by atoms with Crippen LogP contribution in [0.15, 0.2) is 0 Å². The summed E-state index contributed by atoms with van der Waals surface area (Å²) in [5.74, 6) is 0. The Balaban J connectivity index is 2.84. The first kappa shape index (κ1) is 8.89. The average Bonchev–Trinajstić information content (AvgIpc) is 2.00. The molecule has 5 nitrogen and oxygen atoms in total. The highest BCUT2D eigenvalue weighted by atomic mass is 16.5. The molecule has 0 heterocycles. The van der Waals surface area contributed by atoms with Gasteiger partial charge in [0.2, 0.25) is 0 Å². The van der Waals surface area contributed by atoms with Crippen LogP contribution in [0.25, 0.3) is 0 Å². The van der Waals surface area contributed by atoms with Crippen LogP contribution in [-0.4, -0.2) is 55.5 Å². The van der Waals surface area contributed by atoms with Crippen LogP contribution in [0.3, 0.4) is 0 Å². The zero-order valence-electron chi connectivity index (χ0n) is 6.10. The Labute approximate surface area is 63.5 Å². The first-order chi connectivity index (χ1) is 4.88. The van der Waals surface area contributed by atoms with Gasteiger partial charge in [-0.2, -0.15) is 0 Å². The highest BCUT2D eigenvalue weighted by molar-refractivity contribution is 5.19. The molecule has 0 unspecified atom stereocenters. The molecular weight excluding hydrogens is 152 g/mol. The second kappa shape index (κ2) is 2.15. The molecule has 5 N–H and O–H groups in total. The van der Waals surface area contributed by atoms with Crippen molar-refractivity contribution >= 4 is 0 Å². The molecule has 1 aliphatic carbocycles. The van der Waals surface area contributed by atoms with Crippen LogP contribution < -0.4 is 0 Å². The Kier molecular flexibility index (Phi) is 1.74. The van der Waals surface area contributed by atoms with E-state index in [9.17, 15) is 10.2 Å². The number of aliphatic hydroxyl groups is 5. The molecule has 0 aromatic heterocycles. The standard InChI is InChI=1S/C6H12O5/c1-5(10)3(8)4(9)6(5,11)2-7/h3-4,7-11H,2H2,1H3/t3-,4+,5+,6-/m1/s1. The average molecular weight is 164 g/mol. The van der Waals surface area contributed by atoms with Crippen molar-refractivity contribution in [2.45, 2.75) is 30.3 Å². The van der Waals surface area contributed by atoms with Crippen LogP contribution in [0.1, 0.15) is 6.92 Å². The lowest BCUT2D eigenvalue weighted by Gasteiger charge is -2.56. The molecule has 1 aliphatic rings. The molecule has 1 rings (SSSR count). The molecule has 1 saturated carbocycles. The number of rotatable bonds is 1. The Morgan fingerprint density at radius 2 is 1.64 bits per heavy atom. The predicted molar refractivity (Wildman–Crippen MR) is 34.7 cm³/mol. The maximum atomic E-state index is 9.28. The van der Waals surface area contributed by atoms with Crippen molar-refractivity contribution in [2.75, 3.05) is 6.61 Å². The van der Waals surface area contributed by atoms with Gasteiger partial charge in [-0.25, -0.2) is 0 Å². The van der Waals surface area contributed by atoms with Crippen molar-refractivity contribution < 1.29 is 25.5 Å². The van der Waals surface area contributed by atoms with Crippen molar-refractivity contribution in [3.8, 4) is 0 Å². The molecule has 0 amide bonds. The highest BCUT2D eigenvalue weighted by Crippen LogP contribution is 2.42. The van der Waals surface area contributed by atoms with Crippen molar-refractivity contribution in [3.05, 3.63) is 0 Å². The summed E-state index contributed by atoms with van der Waals surface area (Å²) in [5, 5.41) is 45.0. The van der Waals surface area contributed by atoms with E-state index in [4.69, 9.17) is 15.3 Å². The van der Waals surface area contributed by atoms with Gasteiger partial charge in [0, 0.05) is 0 Å². The van der Waals surface area contributed by atoms with E-state index in [0.29, 0.717) is 0 Å². The van der Waals surface area contributed by atoms with Crippen molar-refractivity contribution in [3.63, 3.8) is 0 Å². The van der Waals surface area contributed by atoms with E-state index in [0.717, 1.165) is 6.92 Å². The van der Waals surface area contributed by atoms with E-state index in [1.165, 1.54) is 0 Å². The lowest BCUT2D eigenvalue weighted by molar-refractivity contribution is -0.343. The lowest BCUT2D eigenvalue weighted by atomic mass is 9.62.